The Hall–Kier alpha value is -0.0800. The molecule has 0 aromatic rings. The molecule has 0 heterocycles. The van der Waals surface area contributed by atoms with Crippen molar-refractivity contribution in [1.82, 2.24) is 0 Å². The van der Waals surface area contributed by atoms with Crippen molar-refractivity contribution in [1.29, 1.82) is 0 Å². The van der Waals surface area contributed by atoms with E-state index < -0.39 is 0 Å². The Morgan fingerprint density at radius 2 is 2.14 bits per heavy atom. The van der Waals surface area contributed by atoms with Crippen molar-refractivity contribution in [2.45, 2.75) is 13.3 Å². The van der Waals surface area contributed by atoms with Gasteiger partial charge in [0.1, 0.15) is 0 Å². The molecule has 0 unspecified atom stereocenters. The van der Waals surface area contributed by atoms with E-state index in [4.69, 9.17) is 4.74 Å². The maximum Gasteiger partial charge on any atom is 0.0977 e. The zero-order chi connectivity index (χ0) is 5.54. The van der Waals surface area contributed by atoms with E-state index in [0.29, 0.717) is 0 Å². The molecule has 7 heavy (non-hydrogen) atoms. The van der Waals surface area contributed by atoms with E-state index in [-0.39, 0.29) is 0 Å². The third-order valence-corrected chi connectivity index (χ3v) is 0.637. The molecular formula is C5H14NO+. The van der Waals surface area contributed by atoms with Gasteiger partial charge in [0, 0.05) is 6.61 Å². The van der Waals surface area contributed by atoms with Crippen molar-refractivity contribution in [2.24, 2.45) is 0 Å². The highest BCUT2D eigenvalue weighted by atomic mass is 16.5. The first-order chi connectivity index (χ1) is 3.41. The molecule has 0 aromatic heterocycles. The highest BCUT2D eigenvalue weighted by Gasteiger charge is 1.80. The lowest BCUT2D eigenvalue weighted by molar-refractivity contribution is -0.374. The predicted octanol–water partition coefficient (Wildman–Crippen LogP) is -0.345. The van der Waals surface area contributed by atoms with Crippen LogP contribution in [0, 0.1) is 0 Å². The molecule has 0 aliphatic rings. The number of quaternary nitrogens is 1. The van der Waals surface area contributed by atoms with Gasteiger partial charge in [-0.05, 0) is 6.42 Å². The predicted molar refractivity (Wildman–Crippen MR) is 28.9 cm³/mol. The highest BCUT2D eigenvalue weighted by molar-refractivity contribution is 4.23. The largest absolute Gasteiger partial charge is 0.376 e. The van der Waals surface area contributed by atoms with Gasteiger partial charge in [-0.15, -0.1) is 0 Å². The molecule has 2 heteroatoms. The normalized spacial score (nSPS) is 9.43. The Bertz CT molecular complexity index is 27.3. The number of rotatable bonds is 4. The molecule has 0 bridgehead atoms. The first kappa shape index (κ1) is 6.92. The van der Waals surface area contributed by atoms with Gasteiger partial charge in [-0.3, -0.25) is 0 Å². The van der Waals surface area contributed by atoms with Crippen LogP contribution >= 0.6 is 0 Å². The molecule has 0 saturated carbocycles. The van der Waals surface area contributed by atoms with Crippen molar-refractivity contribution >= 4 is 0 Å². The van der Waals surface area contributed by atoms with Crippen LogP contribution in [0.5, 0.6) is 0 Å². The molecule has 0 fully saturated rings. The first-order valence-electron chi connectivity index (χ1n) is 2.78. The SMILES string of the molecule is CCCOCC[NH3+]. The average Bonchev–Trinajstić information content (AvgIpc) is 1.69. The van der Waals surface area contributed by atoms with Crippen LogP contribution in [0.1, 0.15) is 13.3 Å². The third kappa shape index (κ3) is 5.92. The Labute approximate surface area is 44.7 Å². The van der Waals surface area contributed by atoms with Crippen LogP contribution in [0.15, 0.2) is 0 Å². The van der Waals surface area contributed by atoms with Crippen molar-refractivity contribution in [2.75, 3.05) is 19.8 Å². The summed E-state index contributed by atoms with van der Waals surface area (Å²) in [4.78, 5) is 0. The molecule has 0 saturated heterocycles. The van der Waals surface area contributed by atoms with Gasteiger partial charge in [-0.2, -0.15) is 0 Å². The molecule has 0 spiro atoms. The van der Waals surface area contributed by atoms with Crippen molar-refractivity contribution in [3.8, 4) is 0 Å². The summed E-state index contributed by atoms with van der Waals surface area (Å²) in [5.74, 6) is 0. The minimum absolute atomic E-state index is 0.813. The smallest absolute Gasteiger partial charge is 0.0977 e. The van der Waals surface area contributed by atoms with Crippen molar-refractivity contribution < 1.29 is 10.5 Å². The van der Waals surface area contributed by atoms with Crippen molar-refractivity contribution in [3.63, 3.8) is 0 Å². The third-order valence-electron chi connectivity index (χ3n) is 0.637. The summed E-state index contributed by atoms with van der Waals surface area (Å²) in [5.41, 5.74) is 3.63. The lowest BCUT2D eigenvalue weighted by Gasteiger charge is -1.93. The summed E-state index contributed by atoms with van der Waals surface area (Å²) in [6.45, 7) is 4.69. The van der Waals surface area contributed by atoms with E-state index in [2.05, 4.69) is 12.7 Å². The Kier molecular flexibility index (Phi) is 5.85. The number of hydrogen-bond acceptors (Lipinski definition) is 1. The van der Waals surface area contributed by atoms with Crippen LogP contribution in [0.3, 0.4) is 0 Å². The number of ether oxygens (including phenoxy) is 1. The Morgan fingerprint density at radius 3 is 2.57 bits per heavy atom. The minimum Gasteiger partial charge on any atom is -0.376 e. The molecule has 0 rings (SSSR count). The van der Waals surface area contributed by atoms with Gasteiger partial charge in [-0.25, -0.2) is 0 Å². The average molecular weight is 104 g/mol. The van der Waals surface area contributed by atoms with Crippen LogP contribution in [0.4, 0.5) is 0 Å². The van der Waals surface area contributed by atoms with Crippen LogP contribution < -0.4 is 5.73 Å². The zero-order valence-corrected chi connectivity index (χ0v) is 4.94. The fourth-order valence-electron chi connectivity index (χ4n) is 0.348. The summed E-state index contributed by atoms with van der Waals surface area (Å²) < 4.78 is 5.07. The first-order valence-corrected chi connectivity index (χ1v) is 2.78. The van der Waals surface area contributed by atoms with E-state index in [9.17, 15) is 0 Å². The second-order valence-corrected chi connectivity index (χ2v) is 1.47. The summed E-state index contributed by atoms with van der Waals surface area (Å²) in [6, 6.07) is 0. The van der Waals surface area contributed by atoms with Crippen molar-refractivity contribution in [3.05, 3.63) is 0 Å². The molecule has 2 nitrogen and oxygen atoms in total. The van der Waals surface area contributed by atoms with Crippen LogP contribution in [-0.4, -0.2) is 19.8 Å². The number of hydrogen-bond donors (Lipinski definition) is 1. The van der Waals surface area contributed by atoms with Gasteiger partial charge >= 0.3 is 0 Å². The second-order valence-electron chi connectivity index (χ2n) is 1.47. The second kappa shape index (κ2) is 5.92. The lowest BCUT2D eigenvalue weighted by atomic mass is 10.5. The fraction of sp³-hybridized carbons (Fsp3) is 1.00. The Morgan fingerprint density at radius 1 is 1.43 bits per heavy atom. The van der Waals surface area contributed by atoms with E-state index >= 15 is 0 Å². The molecule has 0 aliphatic heterocycles. The highest BCUT2D eigenvalue weighted by Crippen LogP contribution is 1.75. The molecule has 0 amide bonds. The molecule has 0 atom stereocenters. The zero-order valence-electron chi connectivity index (χ0n) is 4.94. The standard InChI is InChI=1S/C5H13NO/c1-2-4-7-5-3-6/h2-6H2,1H3/p+1. The quantitative estimate of drug-likeness (QED) is 0.486. The summed E-state index contributed by atoms with van der Waals surface area (Å²) in [6.07, 6.45) is 1.11. The van der Waals surface area contributed by atoms with Gasteiger partial charge < -0.3 is 10.5 Å². The van der Waals surface area contributed by atoms with Crippen LogP contribution in [0.25, 0.3) is 0 Å². The van der Waals surface area contributed by atoms with E-state index in [1.807, 2.05) is 0 Å². The molecule has 0 radical (unpaired) electrons. The Balaban J connectivity index is 2.45. The van der Waals surface area contributed by atoms with Gasteiger partial charge in [0.2, 0.25) is 0 Å². The minimum atomic E-state index is 0.813. The van der Waals surface area contributed by atoms with E-state index in [1.165, 1.54) is 0 Å². The molecule has 0 aromatic carbocycles. The van der Waals surface area contributed by atoms with Gasteiger partial charge in [0.05, 0.1) is 13.2 Å². The maximum atomic E-state index is 5.07. The van der Waals surface area contributed by atoms with E-state index in [1.54, 1.807) is 0 Å². The maximum absolute atomic E-state index is 5.07. The molecule has 3 N–H and O–H groups in total. The topological polar surface area (TPSA) is 36.9 Å². The van der Waals surface area contributed by atoms with Gasteiger partial charge in [0.25, 0.3) is 0 Å². The summed E-state index contributed by atoms with van der Waals surface area (Å²) in [5, 5.41) is 0. The molecular weight excluding hydrogens is 90.1 g/mol. The van der Waals surface area contributed by atoms with Crippen LogP contribution in [0.2, 0.25) is 0 Å². The van der Waals surface area contributed by atoms with Gasteiger partial charge in [0.15, 0.2) is 0 Å². The monoisotopic (exact) mass is 104 g/mol. The van der Waals surface area contributed by atoms with E-state index in [0.717, 1.165) is 26.2 Å². The summed E-state index contributed by atoms with van der Waals surface area (Å²) in [7, 11) is 0. The molecule has 0 aliphatic carbocycles. The van der Waals surface area contributed by atoms with Crippen LogP contribution in [-0.2, 0) is 4.74 Å². The lowest BCUT2D eigenvalue weighted by Crippen LogP contribution is -2.52. The van der Waals surface area contributed by atoms with Gasteiger partial charge in [-0.1, -0.05) is 6.92 Å². The molecule has 44 valence electrons. The summed E-state index contributed by atoms with van der Waals surface area (Å²) >= 11 is 0. The fourth-order valence-corrected chi connectivity index (χ4v) is 0.348.